The van der Waals surface area contributed by atoms with Crippen molar-refractivity contribution in [1.82, 2.24) is 0 Å². The fourth-order valence-corrected chi connectivity index (χ4v) is 6.88. The van der Waals surface area contributed by atoms with Crippen molar-refractivity contribution in [1.29, 1.82) is 0 Å². The number of ether oxygens (including phenoxy) is 2. The van der Waals surface area contributed by atoms with Crippen LogP contribution in [0.1, 0.15) is 141 Å². The average Bonchev–Trinajstić information content (AvgIpc) is 3.01. The first-order chi connectivity index (χ1) is 22.1. The van der Waals surface area contributed by atoms with Gasteiger partial charge in [0.25, 0.3) is 0 Å². The van der Waals surface area contributed by atoms with E-state index in [9.17, 15) is 25.9 Å². The van der Waals surface area contributed by atoms with Gasteiger partial charge in [-0.1, -0.05) is 103 Å². The summed E-state index contributed by atoms with van der Waals surface area (Å²) in [6, 6.07) is 9.72. The van der Waals surface area contributed by atoms with E-state index in [1.807, 2.05) is 12.1 Å². The third kappa shape index (κ3) is 20.6. The van der Waals surface area contributed by atoms with Gasteiger partial charge in [0.05, 0.1) is 23.0 Å². The number of hydrogen-bond acceptors (Lipinski definition) is 8. The first kappa shape index (κ1) is 47.9. The number of rotatable bonds is 27. The van der Waals surface area contributed by atoms with Crippen molar-refractivity contribution in [3.63, 3.8) is 0 Å². The van der Waals surface area contributed by atoms with E-state index in [1.165, 1.54) is 63.5 Å². The second-order valence-electron chi connectivity index (χ2n) is 12.3. The number of hydrogen-bond donors (Lipinski definition) is 0. The molecule has 0 amide bonds. The fraction of sp³-hybridized carbons (Fsp3) is 0.667. The Morgan fingerprint density at radius 1 is 0.479 bits per heavy atom. The van der Waals surface area contributed by atoms with Crippen LogP contribution >= 0.6 is 0 Å². The largest absolute Gasteiger partial charge is 1.00 e. The van der Waals surface area contributed by atoms with E-state index in [1.54, 1.807) is 12.1 Å². The van der Waals surface area contributed by atoms with Crippen LogP contribution in [-0.2, 0) is 33.1 Å². The minimum atomic E-state index is -4.67. The van der Waals surface area contributed by atoms with Gasteiger partial charge in [-0.3, -0.25) is 0 Å². The van der Waals surface area contributed by atoms with Crippen LogP contribution in [0, 0.1) is 0 Å². The Balaban J connectivity index is 0.0000110. The summed E-state index contributed by atoms with van der Waals surface area (Å²) in [7, 11) is -9.33. The maximum atomic E-state index is 11.9. The van der Waals surface area contributed by atoms with Gasteiger partial charge in [-0.2, -0.15) is 0 Å². The second kappa shape index (κ2) is 27.5. The van der Waals surface area contributed by atoms with Crippen LogP contribution in [0.25, 0.3) is 0 Å². The van der Waals surface area contributed by atoms with Crippen molar-refractivity contribution < 1.29 is 94.5 Å². The van der Waals surface area contributed by atoms with Crippen LogP contribution < -0.4 is 68.6 Å². The van der Waals surface area contributed by atoms with Gasteiger partial charge in [-0.25, -0.2) is 16.8 Å². The summed E-state index contributed by atoms with van der Waals surface area (Å²) in [6.45, 7) is 4.91. The molecule has 2 rings (SSSR count). The van der Waals surface area contributed by atoms with E-state index in [0.29, 0.717) is 12.8 Å². The van der Waals surface area contributed by atoms with Crippen LogP contribution in [0.3, 0.4) is 0 Å². The van der Waals surface area contributed by atoms with Gasteiger partial charge >= 0.3 is 59.1 Å². The van der Waals surface area contributed by atoms with Gasteiger partial charge in [0, 0.05) is 0 Å². The molecule has 0 bridgehead atoms. The van der Waals surface area contributed by atoms with E-state index >= 15 is 0 Å². The molecule has 262 valence electrons. The van der Waals surface area contributed by atoms with E-state index in [2.05, 4.69) is 13.8 Å². The molecule has 0 aliphatic carbocycles. The molecule has 0 spiro atoms. The molecule has 0 aliphatic heterocycles. The first-order valence-corrected chi connectivity index (χ1v) is 20.3. The van der Waals surface area contributed by atoms with Crippen molar-refractivity contribution in [3.05, 3.63) is 47.5 Å². The van der Waals surface area contributed by atoms with Crippen molar-refractivity contribution in [2.24, 2.45) is 0 Å². The zero-order valence-electron chi connectivity index (χ0n) is 30.1. The molecule has 2 aromatic carbocycles. The van der Waals surface area contributed by atoms with Crippen molar-refractivity contribution in [3.8, 4) is 11.5 Å². The Morgan fingerprint density at radius 3 is 1.12 bits per heavy atom. The van der Waals surface area contributed by atoms with Crippen LogP contribution in [0.2, 0.25) is 0 Å². The normalized spacial score (nSPS) is 11.5. The zero-order valence-corrected chi connectivity index (χ0v) is 35.7. The third-order valence-electron chi connectivity index (χ3n) is 8.25. The molecule has 0 atom stereocenters. The molecular formula is C36H56Na2O8S2. The van der Waals surface area contributed by atoms with E-state index in [4.69, 9.17) is 9.47 Å². The summed E-state index contributed by atoms with van der Waals surface area (Å²) in [4.78, 5) is -0.613. The minimum Gasteiger partial charge on any atom is -0.744 e. The zero-order chi connectivity index (χ0) is 33.7. The topological polar surface area (TPSA) is 133 Å². The van der Waals surface area contributed by atoms with Crippen LogP contribution in [0.15, 0.2) is 46.2 Å². The van der Waals surface area contributed by atoms with Gasteiger partial charge in [0.1, 0.15) is 31.7 Å². The molecule has 2 aromatic rings. The van der Waals surface area contributed by atoms with E-state index in [0.717, 1.165) is 75.3 Å². The molecule has 12 heteroatoms. The average molecular weight is 727 g/mol. The molecule has 0 radical (unpaired) electrons. The van der Waals surface area contributed by atoms with Crippen molar-refractivity contribution in [2.75, 3.05) is 13.2 Å². The smallest absolute Gasteiger partial charge is 0.744 e. The van der Waals surface area contributed by atoms with E-state index < -0.39 is 20.2 Å². The summed E-state index contributed by atoms with van der Waals surface area (Å²) >= 11 is 0. The summed E-state index contributed by atoms with van der Waals surface area (Å²) in [5.74, 6) is 0.173. The summed E-state index contributed by atoms with van der Waals surface area (Å²) in [6.07, 6.45) is 20.5. The molecule has 0 heterocycles. The molecule has 0 aliphatic rings. The quantitative estimate of drug-likeness (QED) is 0.0780. The number of aryl methyl sites for hydroxylation is 2. The van der Waals surface area contributed by atoms with Gasteiger partial charge in [-0.05, 0) is 86.8 Å². The van der Waals surface area contributed by atoms with Crippen LogP contribution in [-0.4, -0.2) is 39.2 Å². The van der Waals surface area contributed by atoms with Crippen molar-refractivity contribution in [2.45, 2.75) is 152 Å². The monoisotopic (exact) mass is 726 g/mol. The molecular weight excluding hydrogens is 671 g/mol. The van der Waals surface area contributed by atoms with E-state index in [-0.39, 0.29) is 93.6 Å². The molecule has 0 aromatic heterocycles. The van der Waals surface area contributed by atoms with Crippen LogP contribution in [0.4, 0.5) is 0 Å². The Hall–Kier alpha value is -0.140. The van der Waals surface area contributed by atoms with Crippen molar-refractivity contribution >= 4 is 20.2 Å². The Bertz CT molecular complexity index is 1250. The van der Waals surface area contributed by atoms with Crippen LogP contribution in [0.5, 0.6) is 11.5 Å². The Morgan fingerprint density at radius 2 is 0.792 bits per heavy atom. The predicted molar refractivity (Wildman–Crippen MR) is 182 cm³/mol. The maximum Gasteiger partial charge on any atom is 1.00 e. The van der Waals surface area contributed by atoms with Gasteiger partial charge in [0.15, 0.2) is 0 Å². The number of unbranched alkanes of at least 4 members (excludes halogenated alkanes) is 15. The summed E-state index contributed by atoms with van der Waals surface area (Å²) < 4.78 is 82.8. The number of benzene rings is 2. The SMILES string of the molecule is CCCCCCCCCc1ccc(OCCCCCCOc2ccc(CCCCCCCCC)cc2S(=O)(=O)[O-])c(S(=O)(=O)[O-])c1.[Na+].[Na+]. The molecule has 0 saturated carbocycles. The first-order valence-electron chi connectivity index (χ1n) is 17.5. The molecule has 8 nitrogen and oxygen atoms in total. The molecule has 48 heavy (non-hydrogen) atoms. The molecule has 0 N–H and O–H groups in total. The summed E-state index contributed by atoms with van der Waals surface area (Å²) in [5, 5.41) is 0. The summed E-state index contributed by atoms with van der Waals surface area (Å²) in [5.41, 5.74) is 1.65. The van der Waals surface area contributed by atoms with Gasteiger partial charge in [-0.15, -0.1) is 0 Å². The molecule has 0 saturated heterocycles. The predicted octanol–water partition coefficient (Wildman–Crippen LogP) is 3.11. The maximum absolute atomic E-state index is 11.9. The third-order valence-corrected chi connectivity index (χ3v) is 9.96. The second-order valence-corrected chi connectivity index (χ2v) is 15.0. The molecule has 0 fully saturated rings. The Kier molecular flexibility index (Phi) is 27.4. The standard InChI is InChI=1S/C36H58O8S2.2Na/c1-3-5-7-9-11-13-17-21-31-23-25-33(35(29-31)45(37,38)39)43-27-19-15-16-20-28-44-34-26-24-32(30-36(34)46(40,41)42)22-18-14-12-10-8-6-4-2;;/h23-26,29-30H,3-22,27-28H2,1-2H3,(H,37,38,39)(H,40,41,42);;/q;2*+1/p-2. The minimum absolute atomic E-state index is 0. The Labute approximate surface area is 336 Å². The van der Waals surface area contributed by atoms with Gasteiger partial charge < -0.3 is 18.6 Å². The van der Waals surface area contributed by atoms with Gasteiger partial charge in [0.2, 0.25) is 0 Å². The fourth-order valence-electron chi connectivity index (χ4n) is 5.54. The molecule has 0 unspecified atom stereocenters.